The van der Waals surface area contributed by atoms with Gasteiger partial charge in [-0.3, -0.25) is 4.79 Å². The summed E-state index contributed by atoms with van der Waals surface area (Å²) in [6.07, 6.45) is 0. The maximum atomic E-state index is 11.7. The lowest BCUT2D eigenvalue weighted by molar-refractivity contribution is 0.0945. The van der Waals surface area contributed by atoms with Crippen molar-refractivity contribution in [1.82, 2.24) is 0 Å². The van der Waals surface area contributed by atoms with Crippen molar-refractivity contribution in [2.75, 3.05) is 0 Å². The van der Waals surface area contributed by atoms with Crippen LogP contribution in [0.1, 0.15) is 17.3 Å². The van der Waals surface area contributed by atoms with Crippen LogP contribution in [-0.2, 0) is 0 Å². The minimum atomic E-state index is -0.301. The van der Waals surface area contributed by atoms with Gasteiger partial charge in [0.15, 0.2) is 10.8 Å². The zero-order chi connectivity index (χ0) is 9.42. The lowest BCUT2D eigenvalue weighted by atomic mass is 9.97. The number of benzene rings is 1. The van der Waals surface area contributed by atoms with Crippen molar-refractivity contribution >= 4 is 23.1 Å². The van der Waals surface area contributed by atoms with E-state index in [-0.39, 0.29) is 11.7 Å². The number of ketones is 1. The van der Waals surface area contributed by atoms with Gasteiger partial charge in [-0.1, -0.05) is 12.1 Å². The number of thiocarbonyl (C=S) groups is 1. The molecule has 1 unspecified atom stereocenters. The highest BCUT2D eigenvalue weighted by Gasteiger charge is 2.29. The number of Topliss-reactive ketones (excluding diaryl/α,β-unsaturated/α-hetero) is 1. The van der Waals surface area contributed by atoms with Crippen LogP contribution in [0.2, 0.25) is 0 Å². The van der Waals surface area contributed by atoms with Crippen molar-refractivity contribution in [3.8, 4) is 5.75 Å². The summed E-state index contributed by atoms with van der Waals surface area (Å²) < 4.78 is 5.33. The van der Waals surface area contributed by atoms with E-state index >= 15 is 0 Å². The third kappa shape index (κ3) is 1.25. The Labute approximate surface area is 81.5 Å². The average molecular weight is 192 g/mol. The second kappa shape index (κ2) is 2.92. The number of hydrogen-bond donors (Lipinski definition) is 0. The molecule has 0 saturated carbocycles. The highest BCUT2D eigenvalue weighted by atomic mass is 32.1. The second-order valence-corrected chi connectivity index (χ2v) is 3.41. The van der Waals surface area contributed by atoms with Crippen molar-refractivity contribution in [2.24, 2.45) is 5.92 Å². The van der Waals surface area contributed by atoms with Crippen LogP contribution in [0.4, 0.5) is 0 Å². The van der Waals surface area contributed by atoms with Crippen LogP contribution >= 0.6 is 12.2 Å². The van der Waals surface area contributed by atoms with Gasteiger partial charge in [0.25, 0.3) is 0 Å². The standard InChI is InChI=1S/C10H8O2S/c1-6-9(11)7-4-2-3-5-8(7)12-10(6)13/h2-6H,1H3. The molecule has 1 heterocycles. The maximum Gasteiger partial charge on any atom is 0.177 e. The van der Waals surface area contributed by atoms with Gasteiger partial charge in [0.2, 0.25) is 0 Å². The Morgan fingerprint density at radius 3 is 2.85 bits per heavy atom. The quantitative estimate of drug-likeness (QED) is 0.589. The summed E-state index contributed by atoms with van der Waals surface area (Å²) in [5.74, 6) is 0.326. The molecule has 1 atom stereocenters. The molecule has 1 aromatic carbocycles. The molecule has 0 aromatic heterocycles. The predicted octanol–water partition coefficient (Wildman–Crippen LogP) is 2.23. The molecule has 1 aromatic rings. The molecule has 2 nitrogen and oxygen atoms in total. The van der Waals surface area contributed by atoms with E-state index < -0.39 is 0 Å². The van der Waals surface area contributed by atoms with Crippen LogP contribution in [0.15, 0.2) is 24.3 Å². The number of ether oxygens (including phenoxy) is 1. The summed E-state index contributed by atoms with van der Waals surface area (Å²) in [5, 5.41) is 0.365. The molecule has 66 valence electrons. The number of rotatable bonds is 0. The fourth-order valence-electron chi connectivity index (χ4n) is 1.30. The molecule has 0 saturated heterocycles. The van der Waals surface area contributed by atoms with E-state index in [0.717, 1.165) is 0 Å². The lowest BCUT2D eigenvalue weighted by Gasteiger charge is -2.21. The van der Waals surface area contributed by atoms with Gasteiger partial charge in [0.05, 0.1) is 11.5 Å². The van der Waals surface area contributed by atoms with Gasteiger partial charge in [-0.25, -0.2) is 0 Å². The fourth-order valence-corrected chi connectivity index (χ4v) is 1.49. The van der Waals surface area contributed by atoms with Gasteiger partial charge >= 0.3 is 0 Å². The van der Waals surface area contributed by atoms with Crippen molar-refractivity contribution in [3.05, 3.63) is 29.8 Å². The van der Waals surface area contributed by atoms with Crippen molar-refractivity contribution in [2.45, 2.75) is 6.92 Å². The third-order valence-corrected chi connectivity index (χ3v) is 2.55. The summed E-state index contributed by atoms with van der Waals surface area (Å²) in [7, 11) is 0. The summed E-state index contributed by atoms with van der Waals surface area (Å²) in [6, 6.07) is 7.16. The van der Waals surface area contributed by atoms with E-state index in [1.165, 1.54) is 0 Å². The van der Waals surface area contributed by atoms with E-state index in [2.05, 4.69) is 0 Å². The van der Waals surface area contributed by atoms with Crippen LogP contribution in [0, 0.1) is 5.92 Å². The monoisotopic (exact) mass is 192 g/mol. The first-order valence-corrected chi connectivity index (χ1v) is 4.46. The number of para-hydroxylation sites is 1. The Morgan fingerprint density at radius 2 is 2.08 bits per heavy atom. The van der Waals surface area contributed by atoms with Crippen LogP contribution in [0.25, 0.3) is 0 Å². The molecule has 0 fully saturated rings. The molecule has 13 heavy (non-hydrogen) atoms. The molecule has 1 aliphatic rings. The van der Waals surface area contributed by atoms with Crippen LogP contribution in [0.3, 0.4) is 0 Å². The zero-order valence-corrected chi connectivity index (χ0v) is 7.93. The summed E-state index contributed by atoms with van der Waals surface area (Å²) in [5.41, 5.74) is 0.628. The molecule has 2 rings (SSSR count). The fraction of sp³-hybridized carbons (Fsp3) is 0.200. The number of fused-ring (bicyclic) bond motifs is 1. The molecular formula is C10H8O2S. The van der Waals surface area contributed by atoms with Gasteiger partial charge in [-0.15, -0.1) is 0 Å². The number of carbonyl (C=O) groups excluding carboxylic acids is 1. The molecule has 0 N–H and O–H groups in total. The average Bonchev–Trinajstić information content (AvgIpc) is 2.15. The normalized spacial score (nSPS) is 20.8. The topological polar surface area (TPSA) is 26.3 Å². The van der Waals surface area contributed by atoms with E-state index in [0.29, 0.717) is 16.4 Å². The Kier molecular flexibility index (Phi) is 1.88. The molecule has 1 aliphatic heterocycles. The molecule has 3 heteroatoms. The van der Waals surface area contributed by atoms with Crippen LogP contribution < -0.4 is 4.74 Å². The Morgan fingerprint density at radius 1 is 1.38 bits per heavy atom. The summed E-state index contributed by atoms with van der Waals surface area (Å²) >= 11 is 4.94. The molecule has 0 spiro atoms. The lowest BCUT2D eigenvalue weighted by Crippen LogP contribution is -2.29. The highest BCUT2D eigenvalue weighted by Crippen LogP contribution is 2.27. The Balaban J connectivity index is 2.55. The Bertz CT molecular complexity index is 384. The minimum Gasteiger partial charge on any atom is -0.449 e. The summed E-state index contributed by atoms with van der Waals surface area (Å²) in [6.45, 7) is 1.76. The first-order chi connectivity index (χ1) is 6.20. The molecular weight excluding hydrogens is 184 g/mol. The van der Waals surface area contributed by atoms with Crippen molar-refractivity contribution < 1.29 is 9.53 Å². The smallest absolute Gasteiger partial charge is 0.177 e. The highest BCUT2D eigenvalue weighted by molar-refractivity contribution is 7.80. The van der Waals surface area contributed by atoms with E-state index in [1.807, 2.05) is 12.1 Å². The van der Waals surface area contributed by atoms with Crippen LogP contribution in [0.5, 0.6) is 5.75 Å². The number of hydrogen-bond acceptors (Lipinski definition) is 3. The van der Waals surface area contributed by atoms with Gasteiger partial charge in [-0.05, 0) is 31.3 Å². The third-order valence-electron chi connectivity index (χ3n) is 2.11. The van der Waals surface area contributed by atoms with E-state index in [4.69, 9.17) is 17.0 Å². The SMILES string of the molecule is CC1C(=O)c2ccccc2OC1=S. The van der Waals surface area contributed by atoms with Gasteiger partial charge in [-0.2, -0.15) is 0 Å². The maximum absolute atomic E-state index is 11.7. The first-order valence-electron chi connectivity index (χ1n) is 4.05. The number of carbonyl (C=O) groups is 1. The van der Waals surface area contributed by atoms with Gasteiger partial charge in [0, 0.05) is 0 Å². The van der Waals surface area contributed by atoms with Gasteiger partial charge in [0.1, 0.15) is 5.75 Å². The predicted molar refractivity (Wildman–Crippen MR) is 53.2 cm³/mol. The summed E-state index contributed by atoms with van der Waals surface area (Å²) in [4.78, 5) is 11.7. The second-order valence-electron chi connectivity index (χ2n) is 3.00. The van der Waals surface area contributed by atoms with Crippen molar-refractivity contribution in [3.63, 3.8) is 0 Å². The minimum absolute atomic E-state index is 0.0480. The molecule has 0 radical (unpaired) electrons. The van der Waals surface area contributed by atoms with Crippen LogP contribution in [-0.4, -0.2) is 10.8 Å². The molecule has 0 amide bonds. The Hall–Kier alpha value is -1.22. The largest absolute Gasteiger partial charge is 0.449 e. The van der Waals surface area contributed by atoms with E-state index in [1.54, 1.807) is 19.1 Å². The first kappa shape index (κ1) is 8.38. The van der Waals surface area contributed by atoms with E-state index in [9.17, 15) is 4.79 Å². The van der Waals surface area contributed by atoms with Gasteiger partial charge < -0.3 is 4.74 Å². The molecule has 0 bridgehead atoms. The zero-order valence-electron chi connectivity index (χ0n) is 7.11. The molecule has 0 aliphatic carbocycles. The van der Waals surface area contributed by atoms with Crippen molar-refractivity contribution in [1.29, 1.82) is 0 Å².